The number of hydrogen-bond acceptors (Lipinski definition) is 3. The fourth-order valence-electron chi connectivity index (χ4n) is 2.02. The maximum atomic E-state index is 12.0. The highest BCUT2D eigenvalue weighted by Crippen LogP contribution is 2.29. The Kier molecular flexibility index (Phi) is 3.91. The molecule has 0 spiro atoms. The third-order valence-corrected chi connectivity index (χ3v) is 3.32. The Hall–Kier alpha value is -1.10. The van der Waals surface area contributed by atoms with E-state index in [0.29, 0.717) is 13.0 Å². The molecule has 0 saturated carbocycles. The van der Waals surface area contributed by atoms with Crippen molar-refractivity contribution in [1.29, 1.82) is 0 Å². The number of aliphatic carboxylic acids is 1. The van der Waals surface area contributed by atoms with Gasteiger partial charge in [-0.3, -0.25) is 4.79 Å². The van der Waals surface area contributed by atoms with Crippen molar-refractivity contribution in [1.82, 2.24) is 4.90 Å². The molecule has 0 bridgehead atoms. The number of carbonyl (C=O) groups is 2. The van der Waals surface area contributed by atoms with Crippen LogP contribution in [0.25, 0.3) is 0 Å². The van der Waals surface area contributed by atoms with Crippen molar-refractivity contribution in [3.8, 4) is 0 Å². The second-order valence-electron chi connectivity index (χ2n) is 4.40. The van der Waals surface area contributed by atoms with Gasteiger partial charge in [0.05, 0.1) is 0 Å². The van der Waals surface area contributed by atoms with Gasteiger partial charge in [-0.2, -0.15) is 0 Å². The number of amides is 1. The van der Waals surface area contributed by atoms with E-state index in [9.17, 15) is 14.7 Å². The molecule has 0 aromatic rings. The van der Waals surface area contributed by atoms with Gasteiger partial charge in [-0.05, 0) is 33.1 Å². The van der Waals surface area contributed by atoms with Crippen LogP contribution in [0.1, 0.15) is 33.1 Å². The number of piperidine rings is 1. The lowest BCUT2D eigenvalue weighted by Gasteiger charge is -2.42. The average Bonchev–Trinajstić information content (AvgIpc) is 2.27. The van der Waals surface area contributed by atoms with Crippen molar-refractivity contribution in [3.63, 3.8) is 0 Å². The smallest absolute Gasteiger partial charge is 0.329 e. The monoisotopic (exact) mass is 229 g/mol. The Morgan fingerprint density at radius 2 is 2.06 bits per heavy atom. The zero-order valence-corrected chi connectivity index (χ0v) is 10.0. The van der Waals surface area contributed by atoms with Gasteiger partial charge in [-0.25, -0.2) is 4.79 Å². The van der Waals surface area contributed by atoms with E-state index in [4.69, 9.17) is 4.74 Å². The Balaban J connectivity index is 2.90. The third-order valence-electron chi connectivity index (χ3n) is 3.32. The molecule has 1 rings (SSSR count). The second kappa shape index (κ2) is 4.82. The van der Waals surface area contributed by atoms with E-state index in [1.165, 1.54) is 12.0 Å². The maximum absolute atomic E-state index is 12.0. The molecule has 1 heterocycles. The molecule has 5 heteroatoms. The zero-order chi connectivity index (χ0) is 12.3. The summed E-state index contributed by atoms with van der Waals surface area (Å²) < 4.78 is 4.95. The summed E-state index contributed by atoms with van der Waals surface area (Å²) in [4.78, 5) is 24.7. The molecule has 0 aromatic carbocycles. The van der Waals surface area contributed by atoms with Crippen LogP contribution in [0.3, 0.4) is 0 Å². The number of likely N-dealkylation sites (tertiary alicyclic amines) is 1. The first-order valence-corrected chi connectivity index (χ1v) is 5.51. The van der Waals surface area contributed by atoms with E-state index in [1.54, 1.807) is 13.8 Å². The third kappa shape index (κ3) is 2.19. The van der Waals surface area contributed by atoms with Gasteiger partial charge < -0.3 is 14.7 Å². The highest BCUT2D eigenvalue weighted by atomic mass is 16.5. The standard InChI is InChI=1S/C11H19NO4/c1-8(16-3)9(13)12-7-5-4-6-11(12,2)10(14)15/h8H,4-7H2,1-3H3,(H,14,15). The van der Waals surface area contributed by atoms with Crippen LogP contribution in [0.5, 0.6) is 0 Å². The number of carboxylic acid groups (broad SMARTS) is 1. The largest absolute Gasteiger partial charge is 0.480 e. The van der Waals surface area contributed by atoms with Crippen LogP contribution in [0, 0.1) is 0 Å². The minimum atomic E-state index is -1.08. The summed E-state index contributed by atoms with van der Waals surface area (Å²) in [5.41, 5.74) is -1.08. The molecule has 0 aliphatic carbocycles. The van der Waals surface area contributed by atoms with Crippen LogP contribution in [-0.2, 0) is 14.3 Å². The quantitative estimate of drug-likeness (QED) is 0.780. The van der Waals surface area contributed by atoms with Crippen molar-refractivity contribution in [3.05, 3.63) is 0 Å². The molecule has 1 aliphatic rings. The highest BCUT2D eigenvalue weighted by molar-refractivity contribution is 5.89. The van der Waals surface area contributed by atoms with Crippen molar-refractivity contribution < 1.29 is 19.4 Å². The molecule has 16 heavy (non-hydrogen) atoms. The molecule has 1 saturated heterocycles. The molecule has 1 amide bonds. The Morgan fingerprint density at radius 1 is 1.44 bits per heavy atom. The van der Waals surface area contributed by atoms with E-state index in [0.717, 1.165) is 12.8 Å². The van der Waals surface area contributed by atoms with E-state index in [2.05, 4.69) is 0 Å². The molecule has 1 fully saturated rings. The van der Waals surface area contributed by atoms with Crippen LogP contribution in [0.15, 0.2) is 0 Å². The van der Waals surface area contributed by atoms with Crippen LogP contribution < -0.4 is 0 Å². The summed E-state index contributed by atoms with van der Waals surface area (Å²) in [6, 6.07) is 0. The summed E-state index contributed by atoms with van der Waals surface area (Å²) in [6.07, 6.45) is 1.61. The van der Waals surface area contributed by atoms with E-state index < -0.39 is 17.6 Å². The number of ether oxygens (including phenoxy) is 1. The normalized spacial score (nSPS) is 27.6. The summed E-state index contributed by atoms with van der Waals surface area (Å²) in [6.45, 7) is 3.74. The molecule has 92 valence electrons. The van der Waals surface area contributed by atoms with Crippen molar-refractivity contribution in [2.45, 2.75) is 44.8 Å². The summed E-state index contributed by atoms with van der Waals surface area (Å²) in [7, 11) is 1.45. The summed E-state index contributed by atoms with van der Waals surface area (Å²) >= 11 is 0. The Labute approximate surface area is 95.4 Å². The molecule has 2 atom stereocenters. The first kappa shape index (κ1) is 13.0. The maximum Gasteiger partial charge on any atom is 0.329 e. The van der Waals surface area contributed by atoms with Gasteiger partial charge in [0.15, 0.2) is 0 Å². The van der Waals surface area contributed by atoms with Gasteiger partial charge in [0.2, 0.25) is 0 Å². The predicted molar refractivity (Wildman–Crippen MR) is 58.1 cm³/mol. The van der Waals surface area contributed by atoms with Crippen LogP contribution in [0.2, 0.25) is 0 Å². The SMILES string of the molecule is COC(C)C(=O)N1CCCCC1(C)C(=O)O. The highest BCUT2D eigenvalue weighted by Gasteiger charge is 2.44. The van der Waals surface area contributed by atoms with Gasteiger partial charge in [0.1, 0.15) is 11.6 Å². The summed E-state index contributed by atoms with van der Waals surface area (Å²) in [5, 5.41) is 9.24. The number of carboxylic acids is 1. The lowest BCUT2D eigenvalue weighted by Crippen LogP contribution is -2.59. The number of hydrogen-bond donors (Lipinski definition) is 1. The molecular weight excluding hydrogens is 210 g/mol. The van der Waals surface area contributed by atoms with Crippen LogP contribution >= 0.6 is 0 Å². The molecule has 5 nitrogen and oxygen atoms in total. The van der Waals surface area contributed by atoms with Gasteiger partial charge in [-0.1, -0.05) is 0 Å². The first-order chi connectivity index (χ1) is 7.43. The fraction of sp³-hybridized carbons (Fsp3) is 0.818. The van der Waals surface area contributed by atoms with E-state index in [1.807, 2.05) is 0 Å². The molecule has 0 aromatic heterocycles. The summed E-state index contributed by atoms with van der Waals surface area (Å²) in [5.74, 6) is -1.18. The van der Waals surface area contributed by atoms with Crippen molar-refractivity contribution >= 4 is 11.9 Å². The van der Waals surface area contributed by atoms with Gasteiger partial charge in [0.25, 0.3) is 5.91 Å². The minimum Gasteiger partial charge on any atom is -0.480 e. The number of methoxy groups -OCH3 is 1. The fourth-order valence-corrected chi connectivity index (χ4v) is 2.02. The van der Waals surface area contributed by atoms with Gasteiger partial charge >= 0.3 is 5.97 Å². The van der Waals surface area contributed by atoms with Crippen molar-refractivity contribution in [2.24, 2.45) is 0 Å². The minimum absolute atomic E-state index is 0.243. The molecule has 1 aliphatic heterocycles. The second-order valence-corrected chi connectivity index (χ2v) is 4.40. The number of carbonyl (C=O) groups excluding carboxylic acids is 1. The Bertz CT molecular complexity index is 292. The van der Waals surface area contributed by atoms with Gasteiger partial charge in [0, 0.05) is 13.7 Å². The molecule has 2 unspecified atom stereocenters. The van der Waals surface area contributed by atoms with Gasteiger partial charge in [-0.15, -0.1) is 0 Å². The van der Waals surface area contributed by atoms with E-state index >= 15 is 0 Å². The number of rotatable bonds is 3. The lowest BCUT2D eigenvalue weighted by molar-refractivity contribution is -0.165. The van der Waals surface area contributed by atoms with Crippen LogP contribution in [0.4, 0.5) is 0 Å². The van der Waals surface area contributed by atoms with Crippen molar-refractivity contribution in [2.75, 3.05) is 13.7 Å². The molecular formula is C11H19NO4. The topological polar surface area (TPSA) is 66.8 Å². The zero-order valence-electron chi connectivity index (χ0n) is 10.0. The number of nitrogens with zero attached hydrogens (tertiary/aromatic N) is 1. The van der Waals surface area contributed by atoms with E-state index in [-0.39, 0.29) is 5.91 Å². The average molecular weight is 229 g/mol. The molecule has 1 N–H and O–H groups in total. The first-order valence-electron chi connectivity index (χ1n) is 5.51. The lowest BCUT2D eigenvalue weighted by atomic mass is 9.88. The Morgan fingerprint density at radius 3 is 2.56 bits per heavy atom. The predicted octanol–water partition coefficient (Wildman–Crippen LogP) is 0.877. The van der Waals surface area contributed by atoms with Crippen LogP contribution in [-0.4, -0.2) is 47.2 Å². The molecule has 0 radical (unpaired) electrons.